The Morgan fingerprint density at radius 3 is 2.60 bits per heavy atom. The molecule has 40 heavy (non-hydrogen) atoms. The van der Waals surface area contributed by atoms with Gasteiger partial charge in [-0.3, -0.25) is 14.4 Å². The van der Waals surface area contributed by atoms with Crippen LogP contribution in [0, 0.1) is 12.3 Å². The molecule has 1 saturated heterocycles. The van der Waals surface area contributed by atoms with Crippen molar-refractivity contribution in [1.82, 2.24) is 30.1 Å². The van der Waals surface area contributed by atoms with Crippen molar-refractivity contribution in [2.45, 2.75) is 78.2 Å². The monoisotopic (exact) mass is 564 g/mol. The minimum Gasteiger partial charge on any atom is -0.391 e. The number of nitrogens with zero attached hydrogens (tertiary/aromatic N) is 4. The zero-order valence-corrected chi connectivity index (χ0v) is 24.1. The Kier molecular flexibility index (Phi) is 7.78. The molecule has 1 fully saturated rings. The molecule has 2 aliphatic rings. The van der Waals surface area contributed by atoms with E-state index >= 15 is 0 Å². The zero-order chi connectivity index (χ0) is 28.6. The van der Waals surface area contributed by atoms with Gasteiger partial charge in [0.1, 0.15) is 23.6 Å². The first-order valence-corrected chi connectivity index (χ1v) is 14.5. The number of carbonyl (C=O) groups is 3. The number of β-amino-alcohol motifs (C(OH)–C–C–N with tert-alkyl or cyclic N) is 1. The van der Waals surface area contributed by atoms with E-state index in [1.807, 2.05) is 62.0 Å². The number of thiazole rings is 1. The maximum Gasteiger partial charge on any atom is 0.270 e. The second-order valence-corrected chi connectivity index (χ2v) is 12.5. The fourth-order valence-corrected chi connectivity index (χ4v) is 6.24. The first-order valence-electron chi connectivity index (χ1n) is 13.6. The van der Waals surface area contributed by atoms with E-state index in [0.29, 0.717) is 12.2 Å². The lowest BCUT2D eigenvalue weighted by atomic mass is 9.85. The standard InChI is InChI=1S/C29H36N6O4S/c1-17-24(40-16-32-17)19-9-7-18(8-10-19)13-31-26(37)21-12-20(36)15-35(21)28(39)25(29(2,3)4)33-27(38)22-14-30-23-6-5-11-34(22)23/h7-10,14,16,20-21,25,36H,5-6,11-13,15H2,1-4H3,(H,31,37)(H,33,38)/t20-,21+,25-/m1/s1. The molecule has 0 radical (unpaired) electrons. The Hall–Kier alpha value is -3.57. The van der Waals surface area contributed by atoms with Crippen LogP contribution in [0.4, 0.5) is 0 Å². The third-order valence-electron chi connectivity index (χ3n) is 7.63. The molecule has 11 heteroatoms. The van der Waals surface area contributed by atoms with E-state index in [0.717, 1.165) is 46.9 Å². The van der Waals surface area contributed by atoms with Crippen molar-refractivity contribution in [1.29, 1.82) is 0 Å². The molecule has 2 aliphatic heterocycles. The second-order valence-electron chi connectivity index (χ2n) is 11.7. The minimum absolute atomic E-state index is 0.0321. The largest absolute Gasteiger partial charge is 0.391 e. The van der Waals surface area contributed by atoms with Crippen molar-refractivity contribution in [3.8, 4) is 10.4 Å². The van der Waals surface area contributed by atoms with Crippen molar-refractivity contribution in [3.05, 3.63) is 58.7 Å². The number of aliphatic hydroxyl groups is 1. The lowest BCUT2D eigenvalue weighted by Gasteiger charge is -2.35. The molecule has 0 saturated carbocycles. The van der Waals surface area contributed by atoms with Crippen LogP contribution in [0.1, 0.15) is 61.2 Å². The number of nitrogens with one attached hydrogen (secondary N) is 2. The topological polar surface area (TPSA) is 129 Å². The number of carbonyl (C=O) groups excluding carboxylic acids is 3. The molecule has 10 nitrogen and oxygen atoms in total. The number of fused-ring (bicyclic) bond motifs is 1. The summed E-state index contributed by atoms with van der Waals surface area (Å²) in [5, 5.41) is 16.3. The normalized spacial score (nSPS) is 19.4. The van der Waals surface area contributed by atoms with Crippen LogP contribution in [0.3, 0.4) is 0 Å². The first-order chi connectivity index (χ1) is 19.0. The molecular formula is C29H36N6O4S. The summed E-state index contributed by atoms with van der Waals surface area (Å²) in [5.74, 6) is -0.217. The average Bonchev–Trinajstić information content (AvgIpc) is 3.70. The fraction of sp³-hybridized carbons (Fsp3) is 0.483. The Morgan fingerprint density at radius 1 is 1.18 bits per heavy atom. The van der Waals surface area contributed by atoms with Crippen LogP contribution in [0.25, 0.3) is 10.4 Å². The predicted molar refractivity (Wildman–Crippen MR) is 152 cm³/mol. The SMILES string of the molecule is Cc1ncsc1-c1ccc(CNC(=O)[C@@H]2C[C@@H](O)CN2C(=O)[C@@H](NC(=O)c2cnc3n2CCC3)C(C)(C)C)cc1. The summed E-state index contributed by atoms with van der Waals surface area (Å²) in [6.07, 6.45) is 2.63. The maximum atomic E-state index is 13.8. The van der Waals surface area contributed by atoms with Gasteiger partial charge in [-0.05, 0) is 29.9 Å². The molecule has 212 valence electrons. The van der Waals surface area contributed by atoms with Crippen LogP contribution >= 0.6 is 11.3 Å². The van der Waals surface area contributed by atoms with Gasteiger partial charge < -0.3 is 25.2 Å². The molecule has 5 rings (SSSR count). The number of rotatable bonds is 7. The van der Waals surface area contributed by atoms with Crippen LogP contribution in [-0.4, -0.2) is 67.0 Å². The number of likely N-dealkylation sites (tertiary alicyclic amines) is 1. The molecule has 0 spiro atoms. The van der Waals surface area contributed by atoms with Crippen LogP contribution in [0.5, 0.6) is 0 Å². The van der Waals surface area contributed by atoms with E-state index in [1.54, 1.807) is 17.5 Å². The summed E-state index contributed by atoms with van der Waals surface area (Å²) >= 11 is 1.59. The summed E-state index contributed by atoms with van der Waals surface area (Å²) < 4.78 is 1.89. The average molecular weight is 565 g/mol. The van der Waals surface area contributed by atoms with Crippen LogP contribution in [0.2, 0.25) is 0 Å². The van der Waals surface area contributed by atoms with E-state index in [2.05, 4.69) is 20.6 Å². The number of amides is 3. The molecule has 4 heterocycles. The number of aromatic nitrogens is 3. The summed E-state index contributed by atoms with van der Waals surface area (Å²) in [4.78, 5) is 51.5. The van der Waals surface area contributed by atoms with Gasteiger partial charge in [-0.25, -0.2) is 9.97 Å². The zero-order valence-electron chi connectivity index (χ0n) is 23.3. The Labute approximate surface area is 237 Å². The maximum absolute atomic E-state index is 13.8. The van der Waals surface area contributed by atoms with Crippen molar-refractivity contribution < 1.29 is 19.5 Å². The van der Waals surface area contributed by atoms with Crippen LogP contribution in [-0.2, 0) is 29.1 Å². The van der Waals surface area contributed by atoms with E-state index in [9.17, 15) is 19.5 Å². The summed E-state index contributed by atoms with van der Waals surface area (Å²) in [7, 11) is 0. The lowest BCUT2D eigenvalue weighted by Crippen LogP contribution is -2.57. The number of imidazole rings is 1. The van der Waals surface area contributed by atoms with Gasteiger partial charge >= 0.3 is 0 Å². The third kappa shape index (κ3) is 5.66. The van der Waals surface area contributed by atoms with E-state index < -0.39 is 23.6 Å². The van der Waals surface area contributed by atoms with Crippen LogP contribution < -0.4 is 10.6 Å². The van der Waals surface area contributed by atoms with Gasteiger partial charge in [0.05, 0.1) is 28.4 Å². The number of hydrogen-bond acceptors (Lipinski definition) is 7. The second kappa shape index (κ2) is 11.1. The molecule has 3 atom stereocenters. The number of aryl methyl sites for hydroxylation is 2. The highest BCUT2D eigenvalue weighted by Crippen LogP contribution is 2.28. The van der Waals surface area contributed by atoms with Crippen molar-refractivity contribution in [3.63, 3.8) is 0 Å². The van der Waals surface area contributed by atoms with Gasteiger partial charge in [-0.1, -0.05) is 45.0 Å². The predicted octanol–water partition coefficient (Wildman–Crippen LogP) is 2.68. The van der Waals surface area contributed by atoms with Gasteiger partial charge in [0.15, 0.2) is 0 Å². The number of aliphatic hydroxyl groups excluding tert-OH is 1. The smallest absolute Gasteiger partial charge is 0.270 e. The van der Waals surface area contributed by atoms with Gasteiger partial charge in [-0.2, -0.15) is 0 Å². The molecule has 0 unspecified atom stereocenters. The molecule has 0 bridgehead atoms. The summed E-state index contributed by atoms with van der Waals surface area (Å²) in [6.45, 7) is 8.63. The summed E-state index contributed by atoms with van der Waals surface area (Å²) in [5.41, 5.74) is 4.59. The highest BCUT2D eigenvalue weighted by Gasteiger charge is 2.44. The third-order valence-corrected chi connectivity index (χ3v) is 8.61. The molecule has 2 aromatic heterocycles. The number of benzene rings is 1. The minimum atomic E-state index is -0.893. The Bertz CT molecular complexity index is 1410. The van der Waals surface area contributed by atoms with E-state index in [1.165, 1.54) is 4.90 Å². The van der Waals surface area contributed by atoms with Crippen molar-refractivity contribution in [2.75, 3.05) is 6.54 Å². The Morgan fingerprint density at radius 2 is 1.93 bits per heavy atom. The molecule has 0 aliphatic carbocycles. The van der Waals surface area contributed by atoms with Crippen molar-refractivity contribution >= 4 is 29.1 Å². The highest BCUT2D eigenvalue weighted by molar-refractivity contribution is 7.13. The van der Waals surface area contributed by atoms with Gasteiger partial charge in [0, 0.05) is 32.5 Å². The molecule has 3 aromatic rings. The van der Waals surface area contributed by atoms with Gasteiger partial charge in [0.25, 0.3) is 5.91 Å². The molecule has 3 N–H and O–H groups in total. The van der Waals surface area contributed by atoms with E-state index in [-0.39, 0.29) is 30.7 Å². The quantitative estimate of drug-likeness (QED) is 0.405. The van der Waals surface area contributed by atoms with Gasteiger partial charge in [0.2, 0.25) is 11.8 Å². The lowest BCUT2D eigenvalue weighted by molar-refractivity contribution is -0.142. The van der Waals surface area contributed by atoms with Gasteiger partial charge in [-0.15, -0.1) is 11.3 Å². The molecule has 1 aromatic carbocycles. The molecule has 3 amide bonds. The molecular weight excluding hydrogens is 528 g/mol. The van der Waals surface area contributed by atoms with Crippen molar-refractivity contribution in [2.24, 2.45) is 5.41 Å². The fourth-order valence-electron chi connectivity index (χ4n) is 5.42. The Balaban J connectivity index is 1.26. The van der Waals surface area contributed by atoms with E-state index in [4.69, 9.17) is 0 Å². The highest BCUT2D eigenvalue weighted by atomic mass is 32.1. The first kappa shape index (κ1) is 28.0. The summed E-state index contributed by atoms with van der Waals surface area (Å²) in [6, 6.07) is 6.20. The number of hydrogen-bond donors (Lipinski definition) is 3. The van der Waals surface area contributed by atoms with Crippen LogP contribution in [0.15, 0.2) is 36.0 Å².